The van der Waals surface area contributed by atoms with Crippen molar-refractivity contribution in [1.82, 2.24) is 24.9 Å². The smallest absolute Gasteiger partial charge is 0.160 e. The first-order valence-corrected chi connectivity index (χ1v) is 20.3. The molecule has 0 bridgehead atoms. The predicted octanol–water partition coefficient (Wildman–Crippen LogP) is 13.6. The van der Waals surface area contributed by atoms with E-state index in [-0.39, 0.29) is 0 Å². The molecule has 0 aliphatic heterocycles. The lowest BCUT2D eigenvalue weighted by atomic mass is 9.92. The Kier molecular flexibility index (Phi) is 10.0. The van der Waals surface area contributed by atoms with Gasteiger partial charge in [-0.1, -0.05) is 170 Å². The number of allylic oxidation sites excluding steroid dienone is 4. The molecule has 10 rings (SSSR count). The molecule has 1 atom stereocenters. The van der Waals surface area contributed by atoms with Crippen LogP contribution in [0.15, 0.2) is 219 Å². The summed E-state index contributed by atoms with van der Waals surface area (Å²) in [7, 11) is 0. The maximum atomic E-state index is 5.11. The van der Waals surface area contributed by atoms with Crippen molar-refractivity contribution in [3.8, 4) is 90.2 Å². The molecule has 0 N–H and O–H groups in total. The van der Waals surface area contributed by atoms with E-state index in [0.717, 1.165) is 90.8 Å². The van der Waals surface area contributed by atoms with Crippen LogP contribution < -0.4 is 0 Å². The third-order valence-corrected chi connectivity index (χ3v) is 10.9. The third kappa shape index (κ3) is 7.85. The van der Waals surface area contributed by atoms with E-state index in [1.165, 1.54) is 5.56 Å². The lowest BCUT2D eigenvalue weighted by Gasteiger charge is -2.14. The Morgan fingerprint density at radius 2 is 0.850 bits per heavy atom. The second-order valence-corrected chi connectivity index (χ2v) is 14.9. The van der Waals surface area contributed by atoms with Crippen LogP contribution in [0.4, 0.5) is 0 Å². The molecule has 5 heteroatoms. The molecule has 0 radical (unpaired) electrons. The fraction of sp³-hybridized carbons (Fsp3) is 0.0364. The topological polar surface area (TPSA) is 64.5 Å². The van der Waals surface area contributed by atoms with E-state index in [0.29, 0.717) is 11.7 Å². The van der Waals surface area contributed by atoms with Gasteiger partial charge in [-0.25, -0.2) is 19.9 Å². The minimum atomic E-state index is 0.396. The van der Waals surface area contributed by atoms with Crippen molar-refractivity contribution in [1.29, 1.82) is 0 Å². The Morgan fingerprint density at radius 3 is 1.48 bits per heavy atom. The molecule has 9 aromatic rings. The lowest BCUT2D eigenvalue weighted by molar-refractivity contribution is 0.854. The van der Waals surface area contributed by atoms with Gasteiger partial charge in [0.25, 0.3) is 0 Å². The van der Waals surface area contributed by atoms with Crippen LogP contribution in [-0.2, 0) is 0 Å². The monoisotopic (exact) mass is 769 g/mol. The van der Waals surface area contributed by atoms with Gasteiger partial charge in [0, 0.05) is 34.4 Å². The zero-order valence-electron chi connectivity index (χ0n) is 32.8. The van der Waals surface area contributed by atoms with E-state index < -0.39 is 0 Å². The molecular weight excluding hydrogens is 731 g/mol. The SMILES string of the molecule is C1=CCC(c2ccc(-c3nc(-c4ccccc4)cc(-c4ccc(-c5ccc(-c6cccc(-c7cc(-c8ccccc8)cc(-c8ccccn8)n7)n6)cc5)cc4)n3)cc2)C=C1. The Labute approximate surface area is 350 Å². The molecule has 0 fully saturated rings. The minimum absolute atomic E-state index is 0.396. The Balaban J connectivity index is 0.921. The van der Waals surface area contributed by atoms with E-state index in [4.69, 9.17) is 19.9 Å². The summed E-state index contributed by atoms with van der Waals surface area (Å²) < 4.78 is 0. The summed E-state index contributed by atoms with van der Waals surface area (Å²) in [5, 5.41) is 0. The zero-order chi connectivity index (χ0) is 40.1. The van der Waals surface area contributed by atoms with Crippen molar-refractivity contribution in [2.75, 3.05) is 0 Å². The van der Waals surface area contributed by atoms with E-state index >= 15 is 0 Å². The van der Waals surface area contributed by atoms with Crippen molar-refractivity contribution in [2.45, 2.75) is 12.3 Å². The number of nitrogens with zero attached hydrogens (tertiary/aromatic N) is 5. The van der Waals surface area contributed by atoms with Crippen LogP contribution >= 0.6 is 0 Å². The van der Waals surface area contributed by atoms with Crippen LogP contribution in [0.5, 0.6) is 0 Å². The van der Waals surface area contributed by atoms with Gasteiger partial charge in [-0.3, -0.25) is 4.98 Å². The highest BCUT2D eigenvalue weighted by Crippen LogP contribution is 2.33. The third-order valence-electron chi connectivity index (χ3n) is 10.9. The van der Waals surface area contributed by atoms with Crippen molar-refractivity contribution in [2.24, 2.45) is 0 Å². The average molecular weight is 770 g/mol. The molecule has 0 amide bonds. The molecular formula is C55H39N5. The lowest BCUT2D eigenvalue weighted by Crippen LogP contribution is -1.98. The first-order chi connectivity index (χ1) is 29.7. The molecule has 1 aliphatic carbocycles. The molecule has 1 unspecified atom stereocenters. The minimum Gasteiger partial charge on any atom is -0.255 e. The van der Waals surface area contributed by atoms with Gasteiger partial charge in [0.15, 0.2) is 5.82 Å². The molecule has 284 valence electrons. The standard InChI is InChI=1S/C55H39N5/c1-4-13-38(14-5-1)40-26-32-46(33-27-40)55-59-51(43-17-8-3-9-18-43)37-52(60-55)45-30-24-42(25-31-45)41-22-28-44(29-23-41)48-20-12-21-50(57-48)54-36-47(39-15-6-2-7-16-39)35-53(58-54)49-19-10-11-34-56-49/h1-13,15-38H,14H2. The maximum absolute atomic E-state index is 5.11. The highest BCUT2D eigenvalue weighted by atomic mass is 14.9. The van der Waals surface area contributed by atoms with Gasteiger partial charge >= 0.3 is 0 Å². The van der Waals surface area contributed by atoms with E-state index in [1.54, 1.807) is 6.20 Å². The Hall–Kier alpha value is -7.89. The summed E-state index contributed by atoms with van der Waals surface area (Å²) in [4.78, 5) is 24.9. The summed E-state index contributed by atoms with van der Waals surface area (Å²) in [6.45, 7) is 0. The first kappa shape index (κ1) is 36.5. The fourth-order valence-corrected chi connectivity index (χ4v) is 7.70. The largest absolute Gasteiger partial charge is 0.255 e. The molecule has 60 heavy (non-hydrogen) atoms. The van der Waals surface area contributed by atoms with Crippen LogP contribution in [-0.4, -0.2) is 24.9 Å². The molecule has 5 aromatic carbocycles. The number of aromatic nitrogens is 5. The molecule has 0 saturated heterocycles. The number of pyridine rings is 3. The molecule has 1 aliphatic rings. The van der Waals surface area contributed by atoms with Crippen molar-refractivity contribution >= 4 is 0 Å². The Bertz CT molecular complexity index is 2900. The van der Waals surface area contributed by atoms with Crippen LogP contribution in [0.25, 0.3) is 90.2 Å². The maximum Gasteiger partial charge on any atom is 0.160 e. The zero-order valence-corrected chi connectivity index (χ0v) is 32.8. The number of rotatable bonds is 9. The highest BCUT2D eigenvalue weighted by Gasteiger charge is 2.15. The van der Waals surface area contributed by atoms with Crippen molar-refractivity contribution in [3.05, 3.63) is 224 Å². The van der Waals surface area contributed by atoms with E-state index in [1.807, 2.05) is 60.7 Å². The van der Waals surface area contributed by atoms with Gasteiger partial charge < -0.3 is 0 Å². The molecule has 0 saturated carbocycles. The number of benzene rings is 5. The second-order valence-electron chi connectivity index (χ2n) is 14.9. The number of hydrogen-bond donors (Lipinski definition) is 0. The molecule has 4 heterocycles. The quantitative estimate of drug-likeness (QED) is 0.146. The van der Waals surface area contributed by atoms with Gasteiger partial charge in [0.2, 0.25) is 0 Å². The molecule has 0 spiro atoms. The van der Waals surface area contributed by atoms with Gasteiger partial charge in [-0.05, 0) is 76.7 Å². The normalized spacial score (nSPS) is 13.3. The van der Waals surface area contributed by atoms with Crippen molar-refractivity contribution < 1.29 is 0 Å². The van der Waals surface area contributed by atoms with Crippen LogP contribution in [0.1, 0.15) is 17.9 Å². The summed E-state index contributed by atoms with van der Waals surface area (Å²) in [5.41, 5.74) is 15.7. The summed E-state index contributed by atoms with van der Waals surface area (Å²) in [5.74, 6) is 1.11. The van der Waals surface area contributed by atoms with Gasteiger partial charge in [0.1, 0.15) is 0 Å². The summed E-state index contributed by atoms with van der Waals surface area (Å²) in [6.07, 6.45) is 11.5. The average Bonchev–Trinajstić information content (AvgIpc) is 3.35. The van der Waals surface area contributed by atoms with Crippen LogP contribution in [0.3, 0.4) is 0 Å². The number of hydrogen-bond acceptors (Lipinski definition) is 5. The van der Waals surface area contributed by atoms with E-state index in [2.05, 4.69) is 157 Å². The summed E-state index contributed by atoms with van der Waals surface area (Å²) in [6, 6.07) is 64.9. The summed E-state index contributed by atoms with van der Waals surface area (Å²) >= 11 is 0. The van der Waals surface area contributed by atoms with Gasteiger partial charge in [-0.2, -0.15) is 0 Å². The van der Waals surface area contributed by atoms with E-state index in [9.17, 15) is 0 Å². The fourth-order valence-electron chi connectivity index (χ4n) is 7.70. The van der Waals surface area contributed by atoms with Crippen molar-refractivity contribution in [3.63, 3.8) is 0 Å². The molecule has 4 aromatic heterocycles. The Morgan fingerprint density at radius 1 is 0.333 bits per heavy atom. The second kappa shape index (κ2) is 16.5. The first-order valence-electron chi connectivity index (χ1n) is 20.3. The van der Waals surface area contributed by atoms with Gasteiger partial charge in [-0.15, -0.1) is 0 Å². The molecule has 5 nitrogen and oxygen atoms in total. The predicted molar refractivity (Wildman–Crippen MR) is 245 cm³/mol. The van der Waals surface area contributed by atoms with Crippen LogP contribution in [0.2, 0.25) is 0 Å². The van der Waals surface area contributed by atoms with Crippen LogP contribution in [0, 0.1) is 0 Å². The highest BCUT2D eigenvalue weighted by molar-refractivity contribution is 5.77. The van der Waals surface area contributed by atoms with Gasteiger partial charge in [0.05, 0.1) is 39.9 Å².